The number of hydrogen-bond donors (Lipinski definition) is 0. The van der Waals surface area contributed by atoms with Gasteiger partial charge in [-0.2, -0.15) is 0 Å². The molecule has 0 aliphatic rings. The quantitative estimate of drug-likeness (QED) is 0.637. The lowest BCUT2D eigenvalue weighted by Gasteiger charge is -2.03. The van der Waals surface area contributed by atoms with Gasteiger partial charge in [0.1, 0.15) is 16.9 Å². The number of pyridine rings is 1. The van der Waals surface area contributed by atoms with E-state index in [0.29, 0.717) is 5.56 Å². The van der Waals surface area contributed by atoms with Crippen molar-refractivity contribution in [1.82, 2.24) is 4.98 Å². The summed E-state index contributed by atoms with van der Waals surface area (Å²) in [6.45, 7) is 0.244. The number of thiophene rings is 1. The second kappa shape index (κ2) is 5.49. The van der Waals surface area contributed by atoms with E-state index >= 15 is 0 Å². The number of carbonyl (C=O) groups is 1. The molecule has 0 aromatic carbocycles. The Morgan fingerprint density at radius 2 is 2.06 bits per heavy atom. The van der Waals surface area contributed by atoms with E-state index < -0.39 is 5.97 Å². The van der Waals surface area contributed by atoms with Crippen LogP contribution in [0.2, 0.25) is 10.3 Å². The third-order valence-corrected chi connectivity index (χ3v) is 3.16. The highest BCUT2D eigenvalue weighted by atomic mass is 35.5. The molecule has 0 amide bonds. The molecule has 17 heavy (non-hydrogen) atoms. The van der Waals surface area contributed by atoms with Gasteiger partial charge in [0, 0.05) is 4.88 Å². The number of hydrogen-bond acceptors (Lipinski definition) is 4. The number of ether oxygens (including phenoxy) is 1. The molecule has 0 aliphatic heterocycles. The summed E-state index contributed by atoms with van der Waals surface area (Å²) in [6, 6.07) is 6.63. The smallest absolute Gasteiger partial charge is 0.338 e. The van der Waals surface area contributed by atoms with Gasteiger partial charge in [0.05, 0.1) is 5.56 Å². The lowest BCUT2D eigenvalue weighted by Crippen LogP contribution is -2.05. The van der Waals surface area contributed by atoms with E-state index in [2.05, 4.69) is 4.98 Å². The number of nitrogens with zero attached hydrogens (tertiary/aromatic N) is 1. The van der Waals surface area contributed by atoms with Gasteiger partial charge in [-0.25, -0.2) is 9.78 Å². The molecule has 2 rings (SSSR count). The normalized spacial score (nSPS) is 10.2. The predicted molar refractivity (Wildman–Crippen MR) is 67.7 cm³/mol. The summed E-state index contributed by atoms with van der Waals surface area (Å²) in [5.74, 6) is -0.468. The lowest BCUT2D eigenvalue weighted by atomic mass is 10.3. The van der Waals surface area contributed by atoms with E-state index in [0.717, 1.165) is 4.88 Å². The Morgan fingerprint density at radius 1 is 1.35 bits per heavy atom. The zero-order valence-electron chi connectivity index (χ0n) is 8.52. The number of carbonyl (C=O) groups excluding carboxylic acids is 1. The van der Waals surface area contributed by atoms with Crippen LogP contribution < -0.4 is 0 Å². The lowest BCUT2D eigenvalue weighted by molar-refractivity contribution is 0.0476. The molecule has 0 spiro atoms. The molecule has 0 saturated carbocycles. The highest BCUT2D eigenvalue weighted by Crippen LogP contribution is 2.16. The largest absolute Gasteiger partial charge is 0.456 e. The standard InChI is InChI=1S/C11H7Cl2NO2S/c12-9-4-7(5-10(13)14-9)11(15)16-6-8-2-1-3-17-8/h1-5H,6H2. The summed E-state index contributed by atoms with van der Waals surface area (Å²) < 4.78 is 5.11. The van der Waals surface area contributed by atoms with Crippen molar-refractivity contribution in [3.05, 3.63) is 50.4 Å². The second-order valence-corrected chi connectivity index (χ2v) is 4.96. The van der Waals surface area contributed by atoms with E-state index in [1.807, 2.05) is 17.5 Å². The van der Waals surface area contributed by atoms with Gasteiger partial charge in [-0.3, -0.25) is 0 Å². The fourth-order valence-corrected chi connectivity index (χ4v) is 2.27. The maximum Gasteiger partial charge on any atom is 0.338 e. The Balaban J connectivity index is 2.04. The van der Waals surface area contributed by atoms with Crippen LogP contribution in [0.1, 0.15) is 15.2 Å². The first-order valence-corrected chi connectivity index (χ1v) is 6.31. The van der Waals surface area contributed by atoms with Crippen LogP contribution in [0.25, 0.3) is 0 Å². The minimum absolute atomic E-state index is 0.167. The monoisotopic (exact) mass is 287 g/mol. The molecule has 2 aromatic rings. The van der Waals surface area contributed by atoms with E-state index in [9.17, 15) is 4.79 Å². The molecule has 0 fully saturated rings. The van der Waals surface area contributed by atoms with E-state index in [4.69, 9.17) is 27.9 Å². The highest BCUT2D eigenvalue weighted by Gasteiger charge is 2.10. The van der Waals surface area contributed by atoms with Crippen molar-refractivity contribution in [2.45, 2.75) is 6.61 Å². The Bertz CT molecular complexity index is 508. The van der Waals surface area contributed by atoms with Gasteiger partial charge < -0.3 is 4.74 Å². The van der Waals surface area contributed by atoms with Crippen molar-refractivity contribution in [2.24, 2.45) is 0 Å². The average Bonchev–Trinajstić information content (AvgIpc) is 2.77. The van der Waals surface area contributed by atoms with E-state index in [1.54, 1.807) is 0 Å². The van der Waals surface area contributed by atoms with Crippen LogP contribution in [0.4, 0.5) is 0 Å². The fraction of sp³-hybridized carbons (Fsp3) is 0.0909. The Morgan fingerprint density at radius 3 is 2.65 bits per heavy atom. The first-order valence-electron chi connectivity index (χ1n) is 4.68. The van der Waals surface area contributed by atoms with Crippen LogP contribution in [0.3, 0.4) is 0 Å². The molecule has 0 N–H and O–H groups in total. The number of esters is 1. The Hall–Kier alpha value is -1.10. The molecule has 0 aliphatic carbocycles. The summed E-state index contributed by atoms with van der Waals surface area (Å²) in [6.07, 6.45) is 0. The van der Waals surface area contributed by atoms with E-state index in [-0.39, 0.29) is 16.9 Å². The molecule has 0 bridgehead atoms. The van der Waals surface area contributed by atoms with E-state index in [1.165, 1.54) is 23.5 Å². The van der Waals surface area contributed by atoms with Crippen molar-refractivity contribution < 1.29 is 9.53 Å². The summed E-state index contributed by atoms with van der Waals surface area (Å²) in [4.78, 5) is 16.4. The zero-order chi connectivity index (χ0) is 12.3. The maximum atomic E-state index is 11.7. The van der Waals surface area contributed by atoms with Crippen molar-refractivity contribution in [3.63, 3.8) is 0 Å². The molecule has 3 nitrogen and oxygen atoms in total. The maximum absolute atomic E-state index is 11.7. The molecule has 0 unspecified atom stereocenters. The first-order chi connectivity index (χ1) is 8.15. The molecular weight excluding hydrogens is 281 g/mol. The van der Waals surface area contributed by atoms with Crippen LogP contribution in [0, 0.1) is 0 Å². The molecule has 0 saturated heterocycles. The van der Waals surface area contributed by atoms with Crippen molar-refractivity contribution in [3.8, 4) is 0 Å². The molecule has 2 aromatic heterocycles. The van der Waals surface area contributed by atoms with Crippen LogP contribution in [-0.2, 0) is 11.3 Å². The van der Waals surface area contributed by atoms with Gasteiger partial charge in [-0.05, 0) is 23.6 Å². The molecule has 6 heteroatoms. The third kappa shape index (κ3) is 3.43. The van der Waals surface area contributed by atoms with Crippen LogP contribution in [-0.4, -0.2) is 11.0 Å². The second-order valence-electron chi connectivity index (χ2n) is 3.16. The summed E-state index contributed by atoms with van der Waals surface area (Å²) in [5.41, 5.74) is 0.298. The van der Waals surface area contributed by atoms with Gasteiger partial charge in [0.2, 0.25) is 0 Å². The topological polar surface area (TPSA) is 39.2 Å². The zero-order valence-corrected chi connectivity index (χ0v) is 10.9. The minimum atomic E-state index is -0.468. The Labute approximate surface area is 112 Å². The molecule has 0 radical (unpaired) electrons. The van der Waals surface area contributed by atoms with Gasteiger partial charge in [0.15, 0.2) is 0 Å². The Kier molecular flexibility index (Phi) is 3.99. The average molecular weight is 288 g/mol. The summed E-state index contributed by atoms with van der Waals surface area (Å²) >= 11 is 12.9. The van der Waals surface area contributed by atoms with Crippen molar-refractivity contribution >= 4 is 40.5 Å². The predicted octanol–water partition coefficient (Wildman–Crippen LogP) is 3.81. The number of halogens is 2. The number of aromatic nitrogens is 1. The van der Waals surface area contributed by atoms with Gasteiger partial charge in [-0.15, -0.1) is 11.3 Å². The van der Waals surface area contributed by atoms with Crippen molar-refractivity contribution in [2.75, 3.05) is 0 Å². The van der Waals surface area contributed by atoms with Crippen LogP contribution in [0.5, 0.6) is 0 Å². The summed E-state index contributed by atoms with van der Waals surface area (Å²) in [5, 5.41) is 2.25. The molecule has 2 heterocycles. The third-order valence-electron chi connectivity index (χ3n) is 1.92. The van der Waals surface area contributed by atoms with Gasteiger partial charge in [0.25, 0.3) is 0 Å². The van der Waals surface area contributed by atoms with Crippen molar-refractivity contribution in [1.29, 1.82) is 0 Å². The first kappa shape index (κ1) is 12.4. The van der Waals surface area contributed by atoms with Crippen LogP contribution >= 0.6 is 34.5 Å². The SMILES string of the molecule is O=C(OCc1cccs1)c1cc(Cl)nc(Cl)c1. The highest BCUT2D eigenvalue weighted by molar-refractivity contribution is 7.09. The van der Waals surface area contributed by atoms with Gasteiger partial charge in [-0.1, -0.05) is 29.3 Å². The molecular formula is C11H7Cl2NO2S. The molecule has 88 valence electrons. The van der Waals surface area contributed by atoms with Crippen LogP contribution in [0.15, 0.2) is 29.6 Å². The molecule has 0 atom stereocenters. The summed E-state index contributed by atoms with van der Waals surface area (Å²) in [7, 11) is 0. The minimum Gasteiger partial charge on any atom is -0.456 e. The fourth-order valence-electron chi connectivity index (χ4n) is 1.20. The number of rotatable bonds is 3. The van der Waals surface area contributed by atoms with Gasteiger partial charge >= 0.3 is 5.97 Å².